The number of carboxylic acid groups (broad SMARTS) is 1. The van der Waals surface area contributed by atoms with Gasteiger partial charge in [-0.25, -0.2) is 4.79 Å². The van der Waals surface area contributed by atoms with Crippen LogP contribution >= 0.6 is 0 Å². The van der Waals surface area contributed by atoms with Gasteiger partial charge in [-0.1, -0.05) is 12.1 Å². The van der Waals surface area contributed by atoms with E-state index >= 15 is 0 Å². The van der Waals surface area contributed by atoms with Crippen LogP contribution in [0, 0.1) is 0 Å². The van der Waals surface area contributed by atoms with Crippen LogP contribution in [0.3, 0.4) is 0 Å². The predicted octanol–water partition coefficient (Wildman–Crippen LogP) is 2.58. The quantitative estimate of drug-likeness (QED) is 0.819. The second kappa shape index (κ2) is 6.06. The van der Waals surface area contributed by atoms with Crippen molar-refractivity contribution in [3.05, 3.63) is 42.2 Å². The summed E-state index contributed by atoms with van der Waals surface area (Å²) >= 11 is 0. The van der Waals surface area contributed by atoms with E-state index in [0.29, 0.717) is 23.7 Å². The molecule has 0 aliphatic rings. The Hall–Kier alpha value is -2.56. The second-order valence-electron chi connectivity index (χ2n) is 4.13. The van der Waals surface area contributed by atoms with Gasteiger partial charge in [-0.05, 0) is 25.1 Å². The molecule has 0 amide bonds. The van der Waals surface area contributed by atoms with Crippen molar-refractivity contribution >= 4 is 22.7 Å². The molecule has 1 aromatic carbocycles. The molecule has 0 aliphatic carbocycles. The summed E-state index contributed by atoms with van der Waals surface area (Å²) in [6.07, 6.45) is 1.86. The molecule has 0 saturated carbocycles. The van der Waals surface area contributed by atoms with Gasteiger partial charge in [0.05, 0.1) is 13.0 Å². The van der Waals surface area contributed by atoms with Crippen LogP contribution in [-0.4, -0.2) is 23.5 Å². The van der Waals surface area contributed by atoms with Crippen molar-refractivity contribution < 1.29 is 23.8 Å². The third-order valence-corrected chi connectivity index (χ3v) is 2.62. The van der Waals surface area contributed by atoms with Gasteiger partial charge >= 0.3 is 5.97 Å². The lowest BCUT2D eigenvalue weighted by molar-refractivity contribution is -0.131. The van der Waals surface area contributed by atoms with Crippen molar-refractivity contribution in [3.8, 4) is 5.75 Å². The molecule has 1 heterocycles. The van der Waals surface area contributed by atoms with Gasteiger partial charge in [-0.15, -0.1) is 0 Å². The first-order valence-corrected chi connectivity index (χ1v) is 6.18. The number of hydrogen-bond donors (Lipinski definition) is 1. The molecule has 0 saturated heterocycles. The Kier molecular flexibility index (Phi) is 4.20. The highest BCUT2D eigenvalue weighted by Gasteiger charge is 2.11. The van der Waals surface area contributed by atoms with Gasteiger partial charge in [0.25, 0.3) is 0 Å². The SMILES string of the molecule is CCOc1cccc2cc(CC(=O)/C=C/C(=O)O)oc12. The molecule has 0 bridgehead atoms. The highest BCUT2D eigenvalue weighted by molar-refractivity contribution is 5.96. The second-order valence-corrected chi connectivity index (χ2v) is 4.13. The molecule has 5 nitrogen and oxygen atoms in total. The van der Waals surface area contributed by atoms with Gasteiger partial charge in [-0.2, -0.15) is 0 Å². The van der Waals surface area contributed by atoms with E-state index in [-0.39, 0.29) is 12.2 Å². The number of fused-ring (bicyclic) bond motifs is 1. The van der Waals surface area contributed by atoms with E-state index < -0.39 is 5.97 Å². The third kappa shape index (κ3) is 3.26. The van der Waals surface area contributed by atoms with Crippen molar-refractivity contribution in [1.29, 1.82) is 0 Å². The Morgan fingerprint density at radius 3 is 2.85 bits per heavy atom. The standard InChI is InChI=1S/C15H14O5/c1-2-19-13-5-3-4-10-8-12(20-15(10)13)9-11(16)6-7-14(17)18/h3-8H,2,9H2,1H3,(H,17,18)/b7-6+. The molecule has 20 heavy (non-hydrogen) atoms. The number of benzene rings is 1. The zero-order valence-corrected chi connectivity index (χ0v) is 11.0. The topological polar surface area (TPSA) is 76.7 Å². The van der Waals surface area contributed by atoms with E-state index in [0.717, 1.165) is 17.5 Å². The lowest BCUT2D eigenvalue weighted by Crippen LogP contribution is -1.98. The Balaban J connectivity index is 2.21. The molecule has 0 atom stereocenters. The largest absolute Gasteiger partial charge is 0.490 e. The molecule has 2 aromatic rings. The van der Waals surface area contributed by atoms with E-state index in [1.165, 1.54) is 0 Å². The van der Waals surface area contributed by atoms with Crippen LogP contribution in [0.25, 0.3) is 11.0 Å². The van der Waals surface area contributed by atoms with E-state index in [1.54, 1.807) is 12.1 Å². The molecule has 0 spiro atoms. The minimum atomic E-state index is -1.15. The fourth-order valence-electron chi connectivity index (χ4n) is 1.84. The number of carbonyl (C=O) groups is 2. The van der Waals surface area contributed by atoms with Crippen molar-refractivity contribution in [1.82, 2.24) is 0 Å². The lowest BCUT2D eigenvalue weighted by Gasteiger charge is -2.02. The summed E-state index contributed by atoms with van der Waals surface area (Å²) < 4.78 is 11.0. The predicted molar refractivity (Wildman–Crippen MR) is 72.9 cm³/mol. The van der Waals surface area contributed by atoms with Crippen LogP contribution < -0.4 is 4.74 Å². The number of aliphatic carboxylic acids is 1. The van der Waals surface area contributed by atoms with Crippen molar-refractivity contribution in [2.75, 3.05) is 6.61 Å². The molecule has 1 aromatic heterocycles. The molecule has 104 valence electrons. The number of ether oxygens (including phenoxy) is 1. The minimum Gasteiger partial charge on any atom is -0.490 e. The number of furan rings is 1. The monoisotopic (exact) mass is 274 g/mol. The summed E-state index contributed by atoms with van der Waals surface area (Å²) in [5.41, 5.74) is 0.597. The molecule has 0 fully saturated rings. The van der Waals surface area contributed by atoms with E-state index in [4.69, 9.17) is 14.3 Å². The van der Waals surface area contributed by atoms with Gasteiger partial charge in [0, 0.05) is 11.5 Å². The summed E-state index contributed by atoms with van der Waals surface area (Å²) in [6, 6.07) is 7.26. The zero-order chi connectivity index (χ0) is 14.5. The maximum Gasteiger partial charge on any atom is 0.328 e. The summed E-state index contributed by atoms with van der Waals surface area (Å²) in [7, 11) is 0. The zero-order valence-electron chi connectivity index (χ0n) is 11.0. The van der Waals surface area contributed by atoms with Gasteiger partial charge in [0.15, 0.2) is 17.1 Å². The normalized spacial score (nSPS) is 11.1. The average molecular weight is 274 g/mol. The molecule has 1 N–H and O–H groups in total. The number of hydrogen-bond acceptors (Lipinski definition) is 4. The summed E-state index contributed by atoms with van der Waals surface area (Å²) in [5.74, 6) is -0.372. The first kappa shape index (κ1) is 13.9. The van der Waals surface area contributed by atoms with Gasteiger partial charge in [0.1, 0.15) is 5.76 Å². The first-order valence-electron chi connectivity index (χ1n) is 6.18. The van der Waals surface area contributed by atoms with E-state index in [2.05, 4.69) is 0 Å². The number of rotatable bonds is 6. The van der Waals surface area contributed by atoms with Crippen LogP contribution in [0.2, 0.25) is 0 Å². The highest BCUT2D eigenvalue weighted by Crippen LogP contribution is 2.29. The van der Waals surface area contributed by atoms with Crippen molar-refractivity contribution in [2.24, 2.45) is 0 Å². The van der Waals surface area contributed by atoms with Crippen LogP contribution in [0.5, 0.6) is 5.75 Å². The van der Waals surface area contributed by atoms with Gasteiger partial charge in [-0.3, -0.25) is 4.79 Å². The van der Waals surface area contributed by atoms with Crippen LogP contribution in [-0.2, 0) is 16.0 Å². The number of carbonyl (C=O) groups excluding carboxylic acids is 1. The Labute approximate surface area is 115 Å². The van der Waals surface area contributed by atoms with Crippen molar-refractivity contribution in [3.63, 3.8) is 0 Å². The van der Waals surface area contributed by atoms with Gasteiger partial charge < -0.3 is 14.3 Å². The number of para-hydroxylation sites is 1. The van der Waals surface area contributed by atoms with Crippen LogP contribution in [0.15, 0.2) is 40.8 Å². The maximum absolute atomic E-state index is 11.6. The third-order valence-electron chi connectivity index (χ3n) is 2.62. The summed E-state index contributed by atoms with van der Waals surface area (Å²) in [5, 5.41) is 9.31. The number of allylic oxidation sites excluding steroid dienone is 1. The van der Waals surface area contributed by atoms with Crippen LogP contribution in [0.4, 0.5) is 0 Å². The van der Waals surface area contributed by atoms with Gasteiger partial charge in [0.2, 0.25) is 0 Å². The molecule has 0 unspecified atom stereocenters. The van der Waals surface area contributed by atoms with E-state index in [1.807, 2.05) is 19.1 Å². The Bertz CT molecular complexity index is 666. The maximum atomic E-state index is 11.6. The highest BCUT2D eigenvalue weighted by atomic mass is 16.5. The first-order chi connectivity index (χ1) is 9.60. The Morgan fingerprint density at radius 2 is 2.15 bits per heavy atom. The molecule has 2 rings (SSSR count). The fraction of sp³-hybridized carbons (Fsp3) is 0.200. The molecule has 5 heteroatoms. The lowest BCUT2D eigenvalue weighted by atomic mass is 10.2. The fourth-order valence-corrected chi connectivity index (χ4v) is 1.84. The number of ketones is 1. The average Bonchev–Trinajstić information content (AvgIpc) is 2.80. The summed E-state index contributed by atoms with van der Waals surface area (Å²) in [6.45, 7) is 2.40. The molecule has 0 aliphatic heterocycles. The minimum absolute atomic E-state index is 0.0179. The van der Waals surface area contributed by atoms with E-state index in [9.17, 15) is 9.59 Å². The Morgan fingerprint density at radius 1 is 1.35 bits per heavy atom. The molecular weight excluding hydrogens is 260 g/mol. The van der Waals surface area contributed by atoms with Crippen LogP contribution in [0.1, 0.15) is 12.7 Å². The van der Waals surface area contributed by atoms with Crippen molar-refractivity contribution in [2.45, 2.75) is 13.3 Å². The molecule has 0 radical (unpaired) electrons. The summed E-state index contributed by atoms with van der Waals surface area (Å²) in [4.78, 5) is 21.9. The smallest absolute Gasteiger partial charge is 0.328 e. The number of carboxylic acids is 1. The molecular formula is C15H14O5.